The summed E-state index contributed by atoms with van der Waals surface area (Å²) in [5.41, 5.74) is 6.87. The molecule has 0 spiro atoms. The van der Waals surface area contributed by atoms with E-state index < -0.39 is 0 Å². The van der Waals surface area contributed by atoms with Crippen LogP contribution in [0.25, 0.3) is 10.9 Å². The van der Waals surface area contributed by atoms with Crippen molar-refractivity contribution in [2.24, 2.45) is 5.84 Å². The second kappa shape index (κ2) is 4.94. The van der Waals surface area contributed by atoms with Gasteiger partial charge in [-0.1, -0.05) is 18.2 Å². The molecule has 0 aliphatic carbocycles. The summed E-state index contributed by atoms with van der Waals surface area (Å²) in [6, 6.07) is 10.1. The van der Waals surface area contributed by atoms with Gasteiger partial charge in [-0.2, -0.15) is 0 Å². The molecule has 20 heavy (non-hydrogen) atoms. The lowest BCUT2D eigenvalue weighted by Crippen LogP contribution is -2.13. The highest BCUT2D eigenvalue weighted by atomic mass is 15.3. The number of fused-ring (bicyclic) bond motifs is 1. The zero-order valence-corrected chi connectivity index (χ0v) is 11.6. The van der Waals surface area contributed by atoms with Crippen LogP contribution in [0.3, 0.4) is 0 Å². The lowest BCUT2D eigenvalue weighted by atomic mass is 10.1. The SMILES string of the molecule is Cc1ncn(Cc2cc3ccccc3nc2NN)c1C. The van der Waals surface area contributed by atoms with Crippen LogP contribution in [0, 0.1) is 13.8 Å². The third-order valence-electron chi connectivity index (χ3n) is 3.63. The first kappa shape index (κ1) is 12.6. The molecule has 102 valence electrons. The van der Waals surface area contributed by atoms with Crippen LogP contribution in [0.15, 0.2) is 36.7 Å². The van der Waals surface area contributed by atoms with Crippen molar-refractivity contribution in [1.82, 2.24) is 14.5 Å². The molecular weight excluding hydrogens is 250 g/mol. The second-order valence-corrected chi connectivity index (χ2v) is 4.88. The molecule has 3 N–H and O–H groups in total. The largest absolute Gasteiger partial charge is 0.330 e. The minimum absolute atomic E-state index is 0.698. The number of para-hydroxylation sites is 1. The van der Waals surface area contributed by atoms with Gasteiger partial charge in [-0.25, -0.2) is 15.8 Å². The van der Waals surface area contributed by atoms with Crippen molar-refractivity contribution in [1.29, 1.82) is 0 Å². The number of benzene rings is 1. The molecule has 2 aromatic heterocycles. The van der Waals surface area contributed by atoms with Crippen LogP contribution in [0.2, 0.25) is 0 Å². The summed E-state index contributed by atoms with van der Waals surface area (Å²) in [7, 11) is 0. The van der Waals surface area contributed by atoms with Gasteiger partial charge in [0, 0.05) is 16.6 Å². The van der Waals surface area contributed by atoms with Crippen LogP contribution in [0.4, 0.5) is 5.82 Å². The molecule has 1 aromatic carbocycles. The van der Waals surface area contributed by atoms with Crippen LogP contribution in [0.5, 0.6) is 0 Å². The first-order chi connectivity index (χ1) is 9.69. The van der Waals surface area contributed by atoms with Crippen molar-refractivity contribution in [3.05, 3.63) is 53.6 Å². The highest BCUT2D eigenvalue weighted by Crippen LogP contribution is 2.21. The maximum Gasteiger partial charge on any atom is 0.145 e. The number of aromatic nitrogens is 3. The van der Waals surface area contributed by atoms with E-state index in [0.717, 1.165) is 27.9 Å². The number of nitrogens with two attached hydrogens (primary N) is 1. The average molecular weight is 267 g/mol. The molecule has 2 heterocycles. The molecule has 0 aliphatic rings. The van der Waals surface area contributed by atoms with E-state index in [9.17, 15) is 0 Å². The number of hydrazine groups is 1. The average Bonchev–Trinajstić information content (AvgIpc) is 2.78. The number of pyridine rings is 1. The first-order valence-corrected chi connectivity index (χ1v) is 6.52. The second-order valence-electron chi connectivity index (χ2n) is 4.88. The van der Waals surface area contributed by atoms with Crippen LogP contribution >= 0.6 is 0 Å². The summed E-state index contributed by atoms with van der Waals surface area (Å²) >= 11 is 0. The van der Waals surface area contributed by atoms with Gasteiger partial charge in [0.1, 0.15) is 5.82 Å². The molecule has 0 aliphatic heterocycles. The van der Waals surface area contributed by atoms with Gasteiger partial charge in [-0.15, -0.1) is 0 Å². The van der Waals surface area contributed by atoms with Gasteiger partial charge in [0.2, 0.25) is 0 Å². The Hall–Kier alpha value is -2.40. The Balaban J connectivity index is 2.07. The standard InChI is InChI=1S/C15H17N5/c1-10-11(2)20(9-17-10)8-13-7-12-5-3-4-6-14(12)18-15(13)19-16/h3-7,9H,8,16H2,1-2H3,(H,18,19). The van der Waals surface area contributed by atoms with E-state index in [1.54, 1.807) is 0 Å². The predicted molar refractivity (Wildman–Crippen MR) is 80.4 cm³/mol. The van der Waals surface area contributed by atoms with Crippen LogP contribution < -0.4 is 11.3 Å². The van der Waals surface area contributed by atoms with E-state index in [1.165, 1.54) is 0 Å². The van der Waals surface area contributed by atoms with E-state index in [4.69, 9.17) is 5.84 Å². The zero-order valence-electron chi connectivity index (χ0n) is 11.6. The van der Waals surface area contributed by atoms with Crippen molar-refractivity contribution in [3.63, 3.8) is 0 Å². The normalized spacial score (nSPS) is 10.9. The number of aryl methyl sites for hydroxylation is 1. The molecule has 0 saturated heterocycles. The third kappa shape index (κ3) is 2.12. The van der Waals surface area contributed by atoms with Crippen molar-refractivity contribution < 1.29 is 0 Å². The van der Waals surface area contributed by atoms with E-state index in [2.05, 4.69) is 39.0 Å². The van der Waals surface area contributed by atoms with Crippen molar-refractivity contribution >= 4 is 16.7 Å². The Labute approximate surface area is 117 Å². The maximum atomic E-state index is 5.60. The first-order valence-electron chi connectivity index (χ1n) is 6.52. The molecule has 0 radical (unpaired) electrons. The van der Waals surface area contributed by atoms with E-state index in [-0.39, 0.29) is 0 Å². The van der Waals surface area contributed by atoms with E-state index >= 15 is 0 Å². The minimum atomic E-state index is 0.698. The molecule has 0 saturated carbocycles. The summed E-state index contributed by atoms with van der Waals surface area (Å²) in [6.07, 6.45) is 1.85. The lowest BCUT2D eigenvalue weighted by Gasteiger charge is -2.11. The Morgan fingerprint density at radius 1 is 1.25 bits per heavy atom. The number of nitrogens with zero attached hydrogens (tertiary/aromatic N) is 3. The highest BCUT2D eigenvalue weighted by Gasteiger charge is 2.09. The van der Waals surface area contributed by atoms with Gasteiger partial charge in [0.15, 0.2) is 0 Å². The molecule has 0 bridgehead atoms. The van der Waals surface area contributed by atoms with Gasteiger partial charge in [0.05, 0.1) is 24.1 Å². The number of imidazole rings is 1. The quantitative estimate of drug-likeness (QED) is 0.564. The van der Waals surface area contributed by atoms with Gasteiger partial charge < -0.3 is 9.99 Å². The summed E-state index contributed by atoms with van der Waals surface area (Å²) < 4.78 is 2.10. The smallest absolute Gasteiger partial charge is 0.145 e. The number of anilines is 1. The fourth-order valence-electron chi connectivity index (χ4n) is 2.29. The fourth-order valence-corrected chi connectivity index (χ4v) is 2.29. The number of hydrogen-bond donors (Lipinski definition) is 2. The van der Waals surface area contributed by atoms with Crippen LogP contribution in [-0.4, -0.2) is 14.5 Å². The Morgan fingerprint density at radius 2 is 2.05 bits per heavy atom. The van der Waals surface area contributed by atoms with Crippen molar-refractivity contribution in [3.8, 4) is 0 Å². The fraction of sp³-hybridized carbons (Fsp3) is 0.200. The molecule has 0 amide bonds. The molecule has 0 atom stereocenters. The highest BCUT2D eigenvalue weighted by molar-refractivity contribution is 5.81. The minimum Gasteiger partial charge on any atom is -0.330 e. The van der Waals surface area contributed by atoms with Gasteiger partial charge in [-0.3, -0.25) is 0 Å². The van der Waals surface area contributed by atoms with Gasteiger partial charge >= 0.3 is 0 Å². The van der Waals surface area contributed by atoms with Gasteiger partial charge in [-0.05, 0) is 26.0 Å². The van der Waals surface area contributed by atoms with Gasteiger partial charge in [0.25, 0.3) is 0 Å². The monoisotopic (exact) mass is 267 g/mol. The number of rotatable bonds is 3. The van der Waals surface area contributed by atoms with E-state index in [1.807, 2.05) is 31.5 Å². The summed E-state index contributed by atoms with van der Waals surface area (Å²) in [4.78, 5) is 8.88. The molecule has 3 rings (SSSR count). The maximum absolute atomic E-state index is 5.60. The number of nitrogen functional groups attached to an aromatic ring is 1. The Kier molecular flexibility index (Phi) is 3.12. The number of hydrogen-bond acceptors (Lipinski definition) is 4. The predicted octanol–water partition coefficient (Wildman–Crippen LogP) is 2.38. The van der Waals surface area contributed by atoms with Crippen molar-refractivity contribution in [2.75, 3.05) is 5.43 Å². The van der Waals surface area contributed by atoms with Crippen LogP contribution in [-0.2, 0) is 6.54 Å². The Morgan fingerprint density at radius 3 is 2.75 bits per heavy atom. The topological polar surface area (TPSA) is 68.8 Å². The van der Waals surface area contributed by atoms with E-state index in [0.29, 0.717) is 12.4 Å². The van der Waals surface area contributed by atoms with Crippen LogP contribution in [0.1, 0.15) is 17.0 Å². The molecule has 5 heteroatoms. The zero-order chi connectivity index (χ0) is 14.1. The molecule has 0 fully saturated rings. The van der Waals surface area contributed by atoms with Crippen molar-refractivity contribution in [2.45, 2.75) is 20.4 Å². The molecule has 0 unspecified atom stereocenters. The summed E-state index contributed by atoms with van der Waals surface area (Å²) in [5, 5.41) is 1.11. The lowest BCUT2D eigenvalue weighted by molar-refractivity contribution is 0.767. The molecule has 5 nitrogen and oxygen atoms in total. The third-order valence-corrected chi connectivity index (χ3v) is 3.63. The summed E-state index contributed by atoms with van der Waals surface area (Å²) in [5.74, 6) is 6.30. The molecule has 3 aromatic rings. The summed E-state index contributed by atoms with van der Waals surface area (Å²) in [6.45, 7) is 4.77. The Bertz CT molecular complexity index is 760. The number of nitrogens with one attached hydrogen (secondary N) is 1. The molecular formula is C15H17N5.